The molecule has 0 N–H and O–H groups in total. The van der Waals surface area contributed by atoms with Gasteiger partial charge in [0.05, 0.1) is 0 Å². The molecule has 1 fully saturated rings. The van der Waals surface area contributed by atoms with Crippen LogP contribution in [0.3, 0.4) is 0 Å². The van der Waals surface area contributed by atoms with Gasteiger partial charge in [-0.15, -0.1) is 0 Å². The average Bonchev–Trinajstić information content (AvgIpc) is 2.59. The first kappa shape index (κ1) is 19.7. The van der Waals surface area contributed by atoms with E-state index in [1.165, 1.54) is 6.42 Å². The van der Waals surface area contributed by atoms with Gasteiger partial charge in [0, 0.05) is 5.56 Å². The quantitative estimate of drug-likeness (QED) is 0.383. The van der Waals surface area contributed by atoms with Crippen molar-refractivity contribution in [3.05, 3.63) is 35.9 Å². The Kier molecular flexibility index (Phi) is 7.22. The van der Waals surface area contributed by atoms with Crippen molar-refractivity contribution in [1.29, 1.82) is 0 Å². The van der Waals surface area contributed by atoms with Crippen molar-refractivity contribution in [2.75, 3.05) is 0 Å². The first-order valence-corrected chi connectivity index (χ1v) is 9.73. The molecule has 0 spiro atoms. The van der Waals surface area contributed by atoms with Crippen LogP contribution in [0.15, 0.2) is 30.3 Å². The largest absolute Gasteiger partial charge is 0.462 e. The minimum Gasteiger partial charge on any atom is -0.462 e. The predicted molar refractivity (Wildman–Crippen MR) is 100 cm³/mol. The summed E-state index contributed by atoms with van der Waals surface area (Å²) in [6.45, 7) is 8.61. The zero-order valence-electron chi connectivity index (χ0n) is 16.0. The molecule has 0 radical (unpaired) electrons. The molecule has 1 saturated carbocycles. The number of benzene rings is 1. The Balaban J connectivity index is 2.12. The van der Waals surface area contributed by atoms with E-state index in [0.717, 1.165) is 19.3 Å². The van der Waals surface area contributed by atoms with Crippen LogP contribution in [0.25, 0.3) is 0 Å². The van der Waals surface area contributed by atoms with Crippen LogP contribution in [0.5, 0.6) is 0 Å². The highest BCUT2D eigenvalue weighted by atomic mass is 16.5. The van der Waals surface area contributed by atoms with Crippen LogP contribution in [0.4, 0.5) is 0 Å². The van der Waals surface area contributed by atoms with E-state index in [4.69, 9.17) is 4.74 Å². The lowest BCUT2D eigenvalue weighted by Gasteiger charge is -2.37. The lowest BCUT2D eigenvalue weighted by atomic mass is 9.75. The topological polar surface area (TPSA) is 43.4 Å². The predicted octanol–water partition coefficient (Wildman–Crippen LogP) is 5.29. The average molecular weight is 344 g/mol. The summed E-state index contributed by atoms with van der Waals surface area (Å²) in [6.07, 6.45) is 4.47. The minimum atomic E-state index is -0.683. The number of carbonyl (C=O) groups is 2. The van der Waals surface area contributed by atoms with Crippen LogP contribution in [0, 0.1) is 23.7 Å². The minimum absolute atomic E-state index is 0.0563. The molecular weight excluding hydrogens is 312 g/mol. The third kappa shape index (κ3) is 5.17. The Morgan fingerprint density at radius 1 is 1.16 bits per heavy atom. The summed E-state index contributed by atoms with van der Waals surface area (Å²) in [4.78, 5) is 25.6. The summed E-state index contributed by atoms with van der Waals surface area (Å²) in [7, 11) is 0. The number of hydrogen-bond acceptors (Lipinski definition) is 3. The van der Waals surface area contributed by atoms with E-state index in [1.54, 1.807) is 12.1 Å². The van der Waals surface area contributed by atoms with Crippen LogP contribution >= 0.6 is 0 Å². The number of hydrogen-bond donors (Lipinski definition) is 0. The van der Waals surface area contributed by atoms with Crippen molar-refractivity contribution in [2.45, 2.75) is 65.9 Å². The Hall–Kier alpha value is -1.64. The summed E-state index contributed by atoms with van der Waals surface area (Å²) in [5.74, 6) is 0.326. The van der Waals surface area contributed by atoms with Gasteiger partial charge in [-0.1, -0.05) is 70.9 Å². The molecule has 25 heavy (non-hydrogen) atoms. The van der Waals surface area contributed by atoms with Gasteiger partial charge in [-0.3, -0.25) is 9.59 Å². The highest BCUT2D eigenvalue weighted by Crippen LogP contribution is 2.36. The van der Waals surface area contributed by atoms with Gasteiger partial charge in [0.25, 0.3) is 0 Å². The monoisotopic (exact) mass is 344 g/mol. The molecular formula is C22H32O3. The molecule has 0 aliphatic heterocycles. The Labute approximate surface area is 152 Å². The second-order valence-corrected chi connectivity index (χ2v) is 7.87. The second kappa shape index (κ2) is 9.17. The smallest absolute Gasteiger partial charge is 0.317 e. The van der Waals surface area contributed by atoms with Crippen LogP contribution in [0.2, 0.25) is 0 Å². The summed E-state index contributed by atoms with van der Waals surface area (Å²) in [6, 6.07) is 9.09. The van der Waals surface area contributed by atoms with E-state index in [-0.39, 0.29) is 17.9 Å². The third-order valence-electron chi connectivity index (χ3n) is 5.47. The Morgan fingerprint density at radius 2 is 1.84 bits per heavy atom. The summed E-state index contributed by atoms with van der Waals surface area (Å²) >= 11 is 0. The maximum absolute atomic E-state index is 12.8. The highest BCUT2D eigenvalue weighted by Gasteiger charge is 2.36. The zero-order chi connectivity index (χ0) is 18.4. The fourth-order valence-electron chi connectivity index (χ4n) is 3.93. The fourth-order valence-corrected chi connectivity index (χ4v) is 3.93. The summed E-state index contributed by atoms with van der Waals surface area (Å²) in [5.41, 5.74) is 0.593. The van der Waals surface area contributed by atoms with Crippen molar-refractivity contribution >= 4 is 11.8 Å². The molecule has 2 rings (SSSR count). The molecule has 3 nitrogen and oxygen atoms in total. The number of rotatable bonds is 7. The number of ether oxygens (including phenoxy) is 1. The molecule has 0 amide bonds. The van der Waals surface area contributed by atoms with Gasteiger partial charge in [-0.2, -0.15) is 0 Å². The first-order chi connectivity index (χ1) is 11.9. The standard InChI is InChI=1S/C22H32O3/c1-5-9-19(21(23)17-10-7-6-8-11-17)22(24)25-20-14-16(4)12-13-18(20)15(2)3/h6-8,10-11,15-16,18-20H,5,9,12-14H2,1-4H3/t16-,18-,19-,20+/m1/s1. The van der Waals surface area contributed by atoms with E-state index in [1.807, 2.05) is 25.1 Å². The van der Waals surface area contributed by atoms with Crippen molar-refractivity contribution in [3.8, 4) is 0 Å². The zero-order valence-corrected chi connectivity index (χ0v) is 16.0. The number of ketones is 1. The van der Waals surface area contributed by atoms with E-state index in [0.29, 0.717) is 29.7 Å². The number of carbonyl (C=O) groups excluding carboxylic acids is 2. The van der Waals surface area contributed by atoms with Crippen LogP contribution in [-0.4, -0.2) is 17.9 Å². The second-order valence-electron chi connectivity index (χ2n) is 7.87. The van der Waals surface area contributed by atoms with Crippen molar-refractivity contribution in [3.63, 3.8) is 0 Å². The lowest BCUT2D eigenvalue weighted by Crippen LogP contribution is -2.38. The molecule has 1 aliphatic carbocycles. The van der Waals surface area contributed by atoms with Crippen molar-refractivity contribution < 1.29 is 14.3 Å². The maximum Gasteiger partial charge on any atom is 0.317 e. The van der Waals surface area contributed by atoms with Gasteiger partial charge in [0.15, 0.2) is 5.78 Å². The summed E-state index contributed by atoms with van der Waals surface area (Å²) < 4.78 is 5.93. The Bertz CT molecular complexity index is 564. The third-order valence-corrected chi connectivity index (χ3v) is 5.47. The highest BCUT2D eigenvalue weighted by molar-refractivity contribution is 6.08. The number of esters is 1. The molecule has 0 unspecified atom stereocenters. The van der Waals surface area contributed by atoms with E-state index >= 15 is 0 Å². The van der Waals surface area contributed by atoms with Gasteiger partial charge in [0.2, 0.25) is 0 Å². The van der Waals surface area contributed by atoms with Gasteiger partial charge < -0.3 is 4.74 Å². The molecule has 0 heterocycles. The SMILES string of the molecule is CCC[C@@H](C(=O)O[C@H]1C[C@H](C)CC[C@@H]1C(C)C)C(=O)c1ccccc1. The van der Waals surface area contributed by atoms with Crippen LogP contribution < -0.4 is 0 Å². The van der Waals surface area contributed by atoms with Gasteiger partial charge in [-0.05, 0) is 37.0 Å². The van der Waals surface area contributed by atoms with Crippen LogP contribution in [0.1, 0.15) is 70.2 Å². The normalized spacial score (nSPS) is 24.8. The lowest BCUT2D eigenvalue weighted by molar-refractivity contribution is -0.159. The van der Waals surface area contributed by atoms with E-state index < -0.39 is 5.92 Å². The molecule has 0 aromatic heterocycles. The molecule has 0 bridgehead atoms. The van der Waals surface area contributed by atoms with E-state index in [9.17, 15) is 9.59 Å². The molecule has 1 aromatic carbocycles. The molecule has 138 valence electrons. The van der Waals surface area contributed by atoms with Crippen LogP contribution in [-0.2, 0) is 9.53 Å². The first-order valence-electron chi connectivity index (χ1n) is 9.73. The molecule has 0 saturated heterocycles. The fraction of sp³-hybridized carbons (Fsp3) is 0.636. The molecule has 1 aromatic rings. The van der Waals surface area contributed by atoms with E-state index in [2.05, 4.69) is 20.8 Å². The molecule has 4 atom stereocenters. The van der Waals surface area contributed by atoms with Gasteiger partial charge >= 0.3 is 5.97 Å². The van der Waals surface area contributed by atoms with Gasteiger partial charge in [0.1, 0.15) is 12.0 Å². The van der Waals surface area contributed by atoms with Crippen molar-refractivity contribution in [1.82, 2.24) is 0 Å². The van der Waals surface area contributed by atoms with Gasteiger partial charge in [-0.25, -0.2) is 0 Å². The maximum atomic E-state index is 12.8. The molecule has 1 aliphatic rings. The summed E-state index contributed by atoms with van der Waals surface area (Å²) in [5, 5.41) is 0. The van der Waals surface area contributed by atoms with Crippen molar-refractivity contribution in [2.24, 2.45) is 23.7 Å². The number of Topliss-reactive ketones (excluding diaryl/α,β-unsaturated/α-hetero) is 1. The Morgan fingerprint density at radius 3 is 2.44 bits per heavy atom. The molecule has 3 heteroatoms.